The molecule has 2 aromatic heterocycles. The Morgan fingerprint density at radius 3 is 1.87 bits per heavy atom. The second-order valence-corrected chi connectivity index (χ2v) is 6.30. The predicted molar refractivity (Wildman–Crippen MR) is 75.5 cm³/mol. The van der Waals surface area contributed by atoms with Gasteiger partial charge < -0.3 is 4.57 Å². The van der Waals surface area contributed by atoms with E-state index in [2.05, 4.69) is 72.9 Å². The minimum Gasteiger partial charge on any atom is -0.324 e. The third-order valence-corrected chi connectivity index (χ3v) is 4.68. The largest absolute Gasteiger partial charge is 0.324 e. The van der Waals surface area contributed by atoms with Gasteiger partial charge >= 0.3 is 0 Å². The van der Waals surface area contributed by atoms with E-state index < -0.39 is 0 Å². The van der Waals surface area contributed by atoms with E-state index in [1.807, 2.05) is 25.2 Å². The van der Waals surface area contributed by atoms with Crippen molar-refractivity contribution in [3.8, 4) is 5.82 Å². The van der Waals surface area contributed by atoms with Crippen molar-refractivity contribution in [3.05, 3.63) is 36.5 Å². The fraction of sp³-hybridized carbons (Fsp3) is 0.111. The monoisotopic (exact) mass is 458 g/mol. The van der Waals surface area contributed by atoms with Crippen LogP contribution < -0.4 is 0 Å². The Kier molecular flexibility index (Phi) is 3.50. The number of aromatic nitrogens is 2. The third kappa shape index (κ3) is 2.01. The van der Waals surface area contributed by atoms with Crippen LogP contribution in [0.2, 0.25) is 0 Å². The Morgan fingerprint density at radius 2 is 1.47 bits per heavy atom. The van der Waals surface area contributed by atoms with Crippen LogP contribution in [-0.4, -0.2) is 9.13 Å². The van der Waals surface area contributed by atoms with Crippen LogP contribution in [0, 0.1) is 0 Å². The van der Waals surface area contributed by atoms with Crippen LogP contribution >= 0.6 is 63.7 Å². The Hall–Kier alpha value is 0.480. The van der Waals surface area contributed by atoms with Gasteiger partial charge in [-0.1, -0.05) is 0 Å². The van der Waals surface area contributed by atoms with Gasteiger partial charge in [-0.2, -0.15) is 0 Å². The van der Waals surface area contributed by atoms with Crippen LogP contribution in [0.15, 0.2) is 36.5 Å². The van der Waals surface area contributed by atoms with Gasteiger partial charge in [0, 0.05) is 7.05 Å². The highest BCUT2D eigenvalue weighted by Gasteiger charge is 2.15. The van der Waals surface area contributed by atoms with Crippen LogP contribution in [0.5, 0.6) is 0 Å². The number of nitrogens with zero attached hydrogens (tertiary/aromatic N) is 2. The van der Waals surface area contributed by atoms with E-state index in [1.165, 1.54) is 0 Å². The molecule has 2 rings (SSSR count). The van der Waals surface area contributed by atoms with Crippen LogP contribution in [0.4, 0.5) is 0 Å². The molecule has 0 amide bonds. The Morgan fingerprint density at radius 1 is 0.933 bits per heavy atom. The zero-order chi connectivity index (χ0) is 11.2. The molecule has 80 valence electrons. The van der Waals surface area contributed by atoms with E-state index >= 15 is 0 Å². The molecule has 0 aliphatic carbocycles. The highest BCUT2D eigenvalue weighted by molar-refractivity contribution is 9.11. The molecule has 0 unspecified atom stereocenters. The molecule has 2 heterocycles. The Bertz CT molecular complexity index is 493. The van der Waals surface area contributed by atoms with Crippen molar-refractivity contribution < 1.29 is 0 Å². The first-order valence-electron chi connectivity index (χ1n) is 4.06. The molecule has 0 radical (unpaired) electrons. The molecule has 0 N–H and O–H groups in total. The van der Waals surface area contributed by atoms with E-state index in [0.29, 0.717) is 0 Å². The molecule has 0 saturated carbocycles. The summed E-state index contributed by atoms with van der Waals surface area (Å²) < 4.78 is 8.19. The van der Waals surface area contributed by atoms with Crippen LogP contribution in [0.1, 0.15) is 0 Å². The Balaban J connectivity index is 2.74. The zero-order valence-corrected chi connectivity index (χ0v) is 14.0. The van der Waals surface area contributed by atoms with Gasteiger partial charge in [-0.05, 0) is 81.9 Å². The second kappa shape index (κ2) is 4.39. The van der Waals surface area contributed by atoms with Gasteiger partial charge in [0.1, 0.15) is 5.82 Å². The normalized spacial score (nSPS) is 11.0. The summed E-state index contributed by atoms with van der Waals surface area (Å²) in [5, 5.41) is 0. The number of hydrogen-bond donors (Lipinski definition) is 0. The molecule has 0 aliphatic rings. The van der Waals surface area contributed by atoms with Crippen molar-refractivity contribution in [3.63, 3.8) is 0 Å². The maximum absolute atomic E-state index is 3.54. The molecule has 0 aromatic carbocycles. The fourth-order valence-corrected chi connectivity index (χ4v) is 3.96. The van der Waals surface area contributed by atoms with Crippen LogP contribution in [0.3, 0.4) is 0 Å². The lowest BCUT2D eigenvalue weighted by molar-refractivity contribution is 0.812. The summed E-state index contributed by atoms with van der Waals surface area (Å²) in [6, 6.07) is 6.02. The lowest BCUT2D eigenvalue weighted by atomic mass is 10.6. The van der Waals surface area contributed by atoms with Crippen LogP contribution in [0.25, 0.3) is 5.82 Å². The van der Waals surface area contributed by atoms with E-state index in [-0.39, 0.29) is 0 Å². The second-order valence-electron chi connectivity index (χ2n) is 3.01. The van der Waals surface area contributed by atoms with Gasteiger partial charge in [0.15, 0.2) is 0 Å². The standard InChI is InChI=1S/C9H6Br4N2/c1-14-8(13)4-5(10)9(14)15-6(11)2-3-7(15)12/h2-4H,1H3. The maximum Gasteiger partial charge on any atom is 0.133 e. The molecule has 0 fully saturated rings. The molecule has 15 heavy (non-hydrogen) atoms. The SMILES string of the molecule is Cn1c(Br)cc(Br)c1-n1c(Br)ccc1Br. The zero-order valence-electron chi connectivity index (χ0n) is 7.64. The van der Waals surface area contributed by atoms with E-state index in [9.17, 15) is 0 Å². The smallest absolute Gasteiger partial charge is 0.133 e. The van der Waals surface area contributed by atoms with Gasteiger partial charge in [-0.15, -0.1) is 0 Å². The summed E-state index contributed by atoms with van der Waals surface area (Å²) in [4.78, 5) is 0. The molecule has 2 aromatic rings. The lowest BCUT2D eigenvalue weighted by Gasteiger charge is -2.10. The van der Waals surface area contributed by atoms with Crippen molar-refractivity contribution in [1.82, 2.24) is 9.13 Å². The summed E-state index contributed by atoms with van der Waals surface area (Å²) in [5.41, 5.74) is 0. The van der Waals surface area contributed by atoms with Gasteiger partial charge in [-0.3, -0.25) is 4.57 Å². The summed E-state index contributed by atoms with van der Waals surface area (Å²) in [6.07, 6.45) is 0. The highest BCUT2D eigenvalue weighted by atomic mass is 79.9. The topological polar surface area (TPSA) is 9.86 Å². The molecular weight excluding hydrogens is 456 g/mol. The summed E-state index contributed by atoms with van der Waals surface area (Å²) in [6.45, 7) is 0. The van der Waals surface area contributed by atoms with Gasteiger partial charge in [0.25, 0.3) is 0 Å². The maximum atomic E-state index is 3.54. The van der Waals surface area contributed by atoms with E-state index in [0.717, 1.165) is 24.1 Å². The van der Waals surface area contributed by atoms with Gasteiger partial charge in [0.2, 0.25) is 0 Å². The highest BCUT2D eigenvalue weighted by Crippen LogP contribution is 2.33. The van der Waals surface area contributed by atoms with Crippen LogP contribution in [-0.2, 0) is 7.05 Å². The minimum atomic E-state index is 1.00. The summed E-state index contributed by atoms with van der Waals surface area (Å²) in [5.74, 6) is 1.06. The molecule has 6 heteroatoms. The number of halogens is 4. The Labute approximate surface area is 121 Å². The van der Waals surface area contributed by atoms with E-state index in [1.54, 1.807) is 0 Å². The van der Waals surface area contributed by atoms with Crippen molar-refractivity contribution in [1.29, 1.82) is 0 Å². The lowest BCUT2D eigenvalue weighted by Crippen LogP contribution is -2.02. The average molecular weight is 462 g/mol. The first kappa shape index (κ1) is 12.0. The molecular formula is C9H6Br4N2. The molecule has 2 nitrogen and oxygen atoms in total. The molecule has 0 atom stereocenters. The average Bonchev–Trinajstić information content (AvgIpc) is 2.59. The minimum absolute atomic E-state index is 1.00. The number of rotatable bonds is 1. The predicted octanol–water partition coefficient (Wildman–Crippen LogP) is 4.87. The molecule has 0 bridgehead atoms. The van der Waals surface area contributed by atoms with Crippen molar-refractivity contribution in [2.75, 3.05) is 0 Å². The first-order valence-corrected chi connectivity index (χ1v) is 7.23. The third-order valence-electron chi connectivity index (χ3n) is 2.09. The van der Waals surface area contributed by atoms with Gasteiger partial charge in [-0.25, -0.2) is 0 Å². The van der Waals surface area contributed by atoms with Crippen molar-refractivity contribution >= 4 is 63.7 Å². The van der Waals surface area contributed by atoms with Crippen molar-refractivity contribution in [2.24, 2.45) is 7.05 Å². The molecule has 0 spiro atoms. The van der Waals surface area contributed by atoms with E-state index in [4.69, 9.17) is 0 Å². The molecule has 0 saturated heterocycles. The molecule has 0 aliphatic heterocycles. The fourth-order valence-electron chi connectivity index (χ4n) is 1.38. The first-order chi connectivity index (χ1) is 7.02. The number of hydrogen-bond acceptors (Lipinski definition) is 0. The van der Waals surface area contributed by atoms with Gasteiger partial charge in [0.05, 0.1) is 18.3 Å². The van der Waals surface area contributed by atoms with Crippen molar-refractivity contribution in [2.45, 2.75) is 0 Å². The summed E-state index contributed by atoms with van der Waals surface area (Å²) >= 11 is 14.1. The quantitative estimate of drug-likeness (QED) is 0.574. The summed E-state index contributed by atoms with van der Waals surface area (Å²) in [7, 11) is 2.00.